The van der Waals surface area contributed by atoms with Gasteiger partial charge >= 0.3 is 0 Å². The molecule has 1 aromatic carbocycles. The summed E-state index contributed by atoms with van der Waals surface area (Å²) >= 11 is 12.1. The molecule has 2 rings (SSSR count). The molecule has 16 heavy (non-hydrogen) atoms. The molecule has 1 heterocycles. The maximum atomic E-state index is 6.06. The summed E-state index contributed by atoms with van der Waals surface area (Å²) in [6, 6.07) is 5.33. The van der Waals surface area contributed by atoms with E-state index < -0.39 is 0 Å². The van der Waals surface area contributed by atoms with Gasteiger partial charge < -0.3 is 5.73 Å². The van der Waals surface area contributed by atoms with Gasteiger partial charge in [0.05, 0.1) is 22.8 Å². The second kappa shape index (κ2) is 4.82. The number of rotatable bonds is 3. The molecule has 0 radical (unpaired) electrons. The average Bonchev–Trinajstić information content (AvgIpc) is 2.67. The summed E-state index contributed by atoms with van der Waals surface area (Å²) in [6.45, 7) is 1.13. The number of hydrogen-bond acceptors (Lipinski definition) is 3. The number of nitrogens with zero attached hydrogens (tertiary/aromatic N) is 3. The van der Waals surface area contributed by atoms with Gasteiger partial charge in [0.1, 0.15) is 5.69 Å². The van der Waals surface area contributed by atoms with Crippen molar-refractivity contribution in [1.29, 1.82) is 0 Å². The van der Waals surface area contributed by atoms with E-state index in [0.29, 0.717) is 34.4 Å². The lowest BCUT2D eigenvalue weighted by Crippen LogP contribution is -2.10. The van der Waals surface area contributed by atoms with Crippen LogP contribution in [0.25, 0.3) is 11.3 Å². The largest absolute Gasteiger partial charge is 0.329 e. The third kappa shape index (κ3) is 2.19. The van der Waals surface area contributed by atoms with Gasteiger partial charge in [0.25, 0.3) is 0 Å². The van der Waals surface area contributed by atoms with Crippen molar-refractivity contribution in [3.63, 3.8) is 0 Å². The molecule has 1 aromatic heterocycles. The maximum Gasteiger partial charge on any atom is 0.116 e. The Balaban J connectivity index is 2.42. The van der Waals surface area contributed by atoms with Crippen LogP contribution < -0.4 is 5.73 Å². The number of benzene rings is 1. The summed E-state index contributed by atoms with van der Waals surface area (Å²) in [7, 11) is 0. The molecule has 0 aliphatic rings. The predicted octanol–water partition coefficient (Wildman–Crippen LogP) is 2.21. The van der Waals surface area contributed by atoms with E-state index in [1.165, 1.54) is 0 Å². The van der Waals surface area contributed by atoms with Crippen LogP contribution in [0.1, 0.15) is 0 Å². The van der Waals surface area contributed by atoms with Crippen molar-refractivity contribution >= 4 is 23.2 Å². The highest BCUT2D eigenvalue weighted by atomic mass is 35.5. The monoisotopic (exact) mass is 256 g/mol. The molecule has 0 bridgehead atoms. The zero-order valence-corrected chi connectivity index (χ0v) is 9.91. The van der Waals surface area contributed by atoms with Crippen LogP contribution in [0.15, 0.2) is 24.4 Å². The Morgan fingerprint density at radius 3 is 2.56 bits per heavy atom. The molecule has 6 heteroatoms. The molecule has 84 valence electrons. The number of hydrogen-bond donors (Lipinski definition) is 1. The van der Waals surface area contributed by atoms with Gasteiger partial charge in [0.2, 0.25) is 0 Å². The zero-order valence-electron chi connectivity index (χ0n) is 8.40. The van der Waals surface area contributed by atoms with Gasteiger partial charge in [-0.2, -0.15) is 0 Å². The minimum Gasteiger partial charge on any atom is -0.329 e. The van der Waals surface area contributed by atoms with E-state index in [-0.39, 0.29) is 0 Å². The molecule has 0 aliphatic heterocycles. The van der Waals surface area contributed by atoms with Gasteiger partial charge in [0, 0.05) is 12.1 Å². The fraction of sp³-hybridized carbons (Fsp3) is 0.200. The van der Waals surface area contributed by atoms with Crippen LogP contribution in [0, 0.1) is 0 Å². The van der Waals surface area contributed by atoms with Crippen LogP contribution in [0.4, 0.5) is 0 Å². The van der Waals surface area contributed by atoms with Gasteiger partial charge in [-0.1, -0.05) is 34.5 Å². The topological polar surface area (TPSA) is 56.7 Å². The lowest BCUT2D eigenvalue weighted by molar-refractivity contribution is 0.598. The normalized spacial score (nSPS) is 10.7. The van der Waals surface area contributed by atoms with E-state index in [0.717, 1.165) is 0 Å². The third-order valence-electron chi connectivity index (χ3n) is 2.12. The van der Waals surface area contributed by atoms with Gasteiger partial charge in [-0.25, -0.2) is 0 Å². The van der Waals surface area contributed by atoms with Crippen molar-refractivity contribution in [3.05, 3.63) is 34.4 Å². The van der Waals surface area contributed by atoms with Crippen molar-refractivity contribution in [2.75, 3.05) is 6.54 Å². The van der Waals surface area contributed by atoms with Gasteiger partial charge in [-0.15, -0.1) is 5.10 Å². The molecule has 0 amide bonds. The van der Waals surface area contributed by atoms with Crippen LogP contribution in [0.5, 0.6) is 0 Å². The highest BCUT2D eigenvalue weighted by Gasteiger charge is 2.11. The Morgan fingerprint density at radius 2 is 1.94 bits per heavy atom. The van der Waals surface area contributed by atoms with Crippen LogP contribution in [-0.2, 0) is 6.54 Å². The zero-order chi connectivity index (χ0) is 11.5. The lowest BCUT2D eigenvalue weighted by Gasteiger charge is -2.01. The Kier molecular flexibility index (Phi) is 3.43. The molecule has 0 fully saturated rings. The average molecular weight is 257 g/mol. The van der Waals surface area contributed by atoms with Gasteiger partial charge in [-0.3, -0.25) is 4.68 Å². The highest BCUT2D eigenvalue weighted by molar-refractivity contribution is 6.39. The van der Waals surface area contributed by atoms with Crippen LogP contribution in [0.3, 0.4) is 0 Å². The van der Waals surface area contributed by atoms with Crippen LogP contribution in [0.2, 0.25) is 10.0 Å². The molecule has 0 aliphatic carbocycles. The van der Waals surface area contributed by atoms with E-state index in [9.17, 15) is 0 Å². The predicted molar refractivity (Wildman–Crippen MR) is 64.5 cm³/mol. The molecule has 0 spiro atoms. The minimum absolute atomic E-state index is 0.513. The molecule has 2 aromatic rings. The molecular weight excluding hydrogens is 247 g/mol. The fourth-order valence-electron chi connectivity index (χ4n) is 1.40. The van der Waals surface area contributed by atoms with Crippen molar-refractivity contribution in [3.8, 4) is 11.3 Å². The van der Waals surface area contributed by atoms with Crippen LogP contribution >= 0.6 is 23.2 Å². The van der Waals surface area contributed by atoms with E-state index >= 15 is 0 Å². The lowest BCUT2D eigenvalue weighted by atomic mass is 10.2. The summed E-state index contributed by atoms with van der Waals surface area (Å²) in [4.78, 5) is 0. The summed E-state index contributed by atoms with van der Waals surface area (Å²) in [5, 5.41) is 9.07. The van der Waals surface area contributed by atoms with E-state index in [2.05, 4.69) is 10.3 Å². The quantitative estimate of drug-likeness (QED) is 0.917. The number of halogens is 2. The Labute approximate surface area is 103 Å². The van der Waals surface area contributed by atoms with Crippen LogP contribution in [-0.4, -0.2) is 21.5 Å². The summed E-state index contributed by atoms with van der Waals surface area (Å²) in [5.74, 6) is 0. The molecule has 4 nitrogen and oxygen atoms in total. The van der Waals surface area contributed by atoms with E-state index in [1.807, 2.05) is 0 Å². The maximum absolute atomic E-state index is 6.06. The second-order valence-corrected chi connectivity index (χ2v) is 4.07. The van der Waals surface area contributed by atoms with Crippen molar-refractivity contribution < 1.29 is 0 Å². The molecule has 0 atom stereocenters. The molecule has 0 saturated carbocycles. The van der Waals surface area contributed by atoms with Gasteiger partial charge in [-0.05, 0) is 12.1 Å². The van der Waals surface area contributed by atoms with Crippen molar-refractivity contribution in [2.24, 2.45) is 5.73 Å². The van der Waals surface area contributed by atoms with E-state index in [1.54, 1.807) is 29.1 Å². The van der Waals surface area contributed by atoms with E-state index in [4.69, 9.17) is 28.9 Å². The first-order valence-electron chi connectivity index (χ1n) is 4.77. The second-order valence-electron chi connectivity index (χ2n) is 3.25. The summed E-state index contributed by atoms with van der Waals surface area (Å²) in [6.07, 6.45) is 1.78. The standard InChI is InChI=1S/C10H10Cl2N4/c11-7-2-1-3-8(12)10(7)9-6-16(5-4-13)15-14-9/h1-3,6H,4-5,13H2. The fourth-order valence-corrected chi connectivity index (χ4v) is 1.99. The molecule has 0 unspecified atom stereocenters. The first-order valence-corrected chi connectivity index (χ1v) is 5.52. The van der Waals surface area contributed by atoms with Crippen molar-refractivity contribution in [2.45, 2.75) is 6.54 Å². The smallest absolute Gasteiger partial charge is 0.116 e. The number of aromatic nitrogens is 3. The highest BCUT2D eigenvalue weighted by Crippen LogP contribution is 2.32. The Bertz CT molecular complexity index is 475. The van der Waals surface area contributed by atoms with Gasteiger partial charge in [0.15, 0.2) is 0 Å². The molecule has 0 saturated heterocycles. The first-order chi connectivity index (χ1) is 7.72. The first kappa shape index (κ1) is 11.4. The summed E-state index contributed by atoms with van der Waals surface area (Å²) in [5.41, 5.74) is 6.79. The van der Waals surface area contributed by atoms with Crippen molar-refractivity contribution in [1.82, 2.24) is 15.0 Å². The Hall–Kier alpha value is -1.10. The molecule has 2 N–H and O–H groups in total. The SMILES string of the molecule is NCCn1cc(-c2c(Cl)cccc2Cl)nn1. The third-order valence-corrected chi connectivity index (χ3v) is 2.75. The number of nitrogens with two attached hydrogens (primary N) is 1. The Morgan fingerprint density at radius 1 is 1.25 bits per heavy atom. The minimum atomic E-state index is 0.513. The summed E-state index contributed by atoms with van der Waals surface area (Å²) < 4.78 is 1.66. The molecular formula is C10H10Cl2N4.